The van der Waals surface area contributed by atoms with Gasteiger partial charge in [-0.3, -0.25) is 9.59 Å². The minimum absolute atomic E-state index is 0.0684. The van der Waals surface area contributed by atoms with Crippen LogP contribution in [-0.4, -0.2) is 30.4 Å². The number of carbonyl (C=O) groups excluding carboxylic acids is 3. The number of esters is 1. The molecule has 2 rings (SSSR count). The number of Topliss-reactive ketones (excluding diaryl/α,β-unsaturated/α-hetero) is 1. The first-order chi connectivity index (χ1) is 12.9. The number of anilines is 1. The van der Waals surface area contributed by atoms with E-state index in [-0.39, 0.29) is 12.4 Å². The lowest BCUT2D eigenvalue weighted by molar-refractivity contribution is -0.155. The number of ketones is 1. The summed E-state index contributed by atoms with van der Waals surface area (Å²) in [6.45, 7) is 2.51. The lowest BCUT2D eigenvalue weighted by Gasteiger charge is -2.14. The monoisotopic (exact) mass is 366 g/mol. The number of ether oxygens (including phenoxy) is 2. The highest BCUT2D eigenvalue weighted by Gasteiger charge is 2.18. The summed E-state index contributed by atoms with van der Waals surface area (Å²) in [6.07, 6.45) is -1.04. The summed E-state index contributed by atoms with van der Waals surface area (Å²) in [6, 6.07) is 14.7. The van der Waals surface area contributed by atoms with E-state index in [9.17, 15) is 14.4 Å². The molecule has 0 radical (unpaired) electrons. The van der Waals surface area contributed by atoms with Gasteiger partial charge < -0.3 is 14.8 Å². The fraction of sp³-hybridized carbons (Fsp3) is 0.200. The van der Waals surface area contributed by atoms with Crippen LogP contribution in [0.15, 0.2) is 48.5 Å². The number of benzene rings is 2. The summed E-state index contributed by atoms with van der Waals surface area (Å²) in [5.41, 5.74) is 1.38. The van der Waals surface area contributed by atoms with E-state index in [1.807, 2.05) is 6.07 Å². The van der Waals surface area contributed by atoms with E-state index in [4.69, 9.17) is 14.7 Å². The first kappa shape index (κ1) is 19.7. The molecular weight excluding hydrogens is 348 g/mol. The Balaban J connectivity index is 1.82. The Labute approximate surface area is 156 Å². The molecule has 0 unspecified atom stereocenters. The molecule has 7 nitrogen and oxygen atoms in total. The van der Waals surface area contributed by atoms with Crippen molar-refractivity contribution in [3.8, 4) is 11.8 Å². The van der Waals surface area contributed by atoms with Gasteiger partial charge in [0.05, 0.1) is 11.6 Å². The van der Waals surface area contributed by atoms with Crippen LogP contribution in [0.3, 0.4) is 0 Å². The average Bonchev–Trinajstić information content (AvgIpc) is 2.66. The summed E-state index contributed by atoms with van der Waals surface area (Å²) in [7, 11) is 0. The molecular formula is C20H18N2O5. The Hall–Kier alpha value is -3.66. The third-order valence-electron chi connectivity index (χ3n) is 3.55. The number of nitrogens with one attached hydrogen (secondary N) is 1. The number of nitrogens with zero attached hydrogens (tertiary/aromatic N) is 1. The Morgan fingerprint density at radius 2 is 1.85 bits per heavy atom. The van der Waals surface area contributed by atoms with Gasteiger partial charge in [0, 0.05) is 11.3 Å². The first-order valence-corrected chi connectivity index (χ1v) is 8.13. The molecule has 0 aromatic heterocycles. The Morgan fingerprint density at radius 1 is 1.15 bits per heavy atom. The highest BCUT2D eigenvalue weighted by atomic mass is 16.6. The maximum absolute atomic E-state index is 12.1. The van der Waals surface area contributed by atoms with Crippen molar-refractivity contribution >= 4 is 23.3 Å². The van der Waals surface area contributed by atoms with Crippen LogP contribution in [0.1, 0.15) is 29.8 Å². The van der Waals surface area contributed by atoms with Crippen LogP contribution in [0.4, 0.5) is 5.69 Å². The number of nitriles is 1. The third-order valence-corrected chi connectivity index (χ3v) is 3.55. The Morgan fingerprint density at radius 3 is 2.48 bits per heavy atom. The number of amides is 1. The van der Waals surface area contributed by atoms with Gasteiger partial charge >= 0.3 is 5.97 Å². The Kier molecular flexibility index (Phi) is 6.67. The first-order valence-electron chi connectivity index (χ1n) is 8.13. The van der Waals surface area contributed by atoms with Gasteiger partial charge in [0.15, 0.2) is 18.5 Å². The molecule has 0 aliphatic rings. The van der Waals surface area contributed by atoms with Crippen molar-refractivity contribution in [2.45, 2.75) is 20.0 Å². The van der Waals surface area contributed by atoms with Crippen molar-refractivity contribution in [1.29, 1.82) is 5.26 Å². The van der Waals surface area contributed by atoms with E-state index in [1.165, 1.54) is 19.9 Å². The molecule has 7 heteroatoms. The second kappa shape index (κ2) is 9.15. The molecule has 0 spiro atoms. The van der Waals surface area contributed by atoms with Gasteiger partial charge in [-0.15, -0.1) is 0 Å². The van der Waals surface area contributed by atoms with Crippen LogP contribution in [0.5, 0.6) is 5.75 Å². The van der Waals surface area contributed by atoms with E-state index in [1.54, 1.807) is 42.5 Å². The van der Waals surface area contributed by atoms with Gasteiger partial charge in [0.1, 0.15) is 5.75 Å². The molecule has 1 atom stereocenters. The van der Waals surface area contributed by atoms with Crippen molar-refractivity contribution in [2.24, 2.45) is 0 Å². The van der Waals surface area contributed by atoms with Crippen LogP contribution in [0.2, 0.25) is 0 Å². The van der Waals surface area contributed by atoms with E-state index < -0.39 is 18.0 Å². The smallest absolute Gasteiger partial charge is 0.344 e. The van der Waals surface area contributed by atoms with Gasteiger partial charge in [-0.2, -0.15) is 5.26 Å². The number of rotatable bonds is 7. The maximum atomic E-state index is 12.1. The van der Waals surface area contributed by atoms with E-state index in [2.05, 4.69) is 5.32 Å². The molecule has 0 heterocycles. The maximum Gasteiger partial charge on any atom is 0.344 e. The van der Waals surface area contributed by atoms with E-state index in [0.29, 0.717) is 22.6 Å². The van der Waals surface area contributed by atoms with Crippen molar-refractivity contribution in [1.82, 2.24) is 0 Å². The third kappa shape index (κ3) is 5.97. The summed E-state index contributed by atoms with van der Waals surface area (Å²) < 4.78 is 10.3. The van der Waals surface area contributed by atoms with Crippen LogP contribution >= 0.6 is 0 Å². The fourth-order valence-electron chi connectivity index (χ4n) is 2.12. The minimum Gasteiger partial charge on any atom is -0.482 e. The Bertz CT molecular complexity index is 884. The SMILES string of the molecule is CC(=O)c1ccc(OCC(=O)O[C@H](C)C(=O)Nc2cccc(C#N)c2)cc1. The van der Waals surface area contributed by atoms with E-state index in [0.717, 1.165) is 0 Å². The zero-order chi connectivity index (χ0) is 19.8. The molecule has 27 heavy (non-hydrogen) atoms. The largest absolute Gasteiger partial charge is 0.482 e. The zero-order valence-electron chi connectivity index (χ0n) is 14.9. The minimum atomic E-state index is -1.04. The molecule has 138 valence electrons. The zero-order valence-corrected chi connectivity index (χ0v) is 14.9. The predicted octanol–water partition coefficient (Wildman–Crippen LogP) is 2.71. The summed E-state index contributed by atoms with van der Waals surface area (Å²) in [5.74, 6) is -0.896. The summed E-state index contributed by atoms with van der Waals surface area (Å²) in [4.78, 5) is 35.1. The van der Waals surface area contributed by atoms with Crippen molar-refractivity contribution in [2.75, 3.05) is 11.9 Å². The standard InChI is InChI=1S/C20H18N2O5/c1-13(23)16-6-8-18(9-7-16)26-12-19(24)27-14(2)20(25)22-17-5-3-4-15(10-17)11-21/h3-10,14H,12H2,1-2H3,(H,22,25)/t14-/m1/s1. The molecule has 2 aromatic carbocycles. The molecule has 2 aromatic rings. The number of hydrogen-bond acceptors (Lipinski definition) is 6. The topological polar surface area (TPSA) is 105 Å². The van der Waals surface area contributed by atoms with Crippen LogP contribution in [-0.2, 0) is 14.3 Å². The molecule has 0 fully saturated rings. The number of hydrogen-bond donors (Lipinski definition) is 1. The second-order valence-electron chi connectivity index (χ2n) is 5.68. The quantitative estimate of drug-likeness (QED) is 0.597. The lowest BCUT2D eigenvalue weighted by atomic mass is 10.1. The predicted molar refractivity (Wildman–Crippen MR) is 97.3 cm³/mol. The average molecular weight is 366 g/mol. The highest BCUT2D eigenvalue weighted by Crippen LogP contribution is 2.13. The van der Waals surface area contributed by atoms with Crippen LogP contribution in [0.25, 0.3) is 0 Å². The molecule has 0 bridgehead atoms. The van der Waals surface area contributed by atoms with Gasteiger partial charge in [0.2, 0.25) is 0 Å². The molecule has 0 saturated carbocycles. The van der Waals surface area contributed by atoms with Gasteiger partial charge in [0.25, 0.3) is 5.91 Å². The fourth-order valence-corrected chi connectivity index (χ4v) is 2.12. The van der Waals surface area contributed by atoms with Gasteiger partial charge in [-0.1, -0.05) is 6.07 Å². The molecule has 0 aliphatic heterocycles. The van der Waals surface area contributed by atoms with E-state index >= 15 is 0 Å². The van der Waals surface area contributed by atoms with Gasteiger partial charge in [-0.25, -0.2) is 4.79 Å². The van der Waals surface area contributed by atoms with Crippen molar-refractivity contribution in [3.63, 3.8) is 0 Å². The van der Waals surface area contributed by atoms with Gasteiger partial charge in [-0.05, 0) is 56.3 Å². The summed E-state index contributed by atoms with van der Waals surface area (Å²) >= 11 is 0. The van der Waals surface area contributed by atoms with Crippen molar-refractivity contribution < 1.29 is 23.9 Å². The van der Waals surface area contributed by atoms with Crippen molar-refractivity contribution in [3.05, 3.63) is 59.7 Å². The molecule has 0 saturated heterocycles. The number of carbonyl (C=O) groups is 3. The second-order valence-corrected chi connectivity index (χ2v) is 5.68. The molecule has 1 N–H and O–H groups in total. The molecule has 0 aliphatic carbocycles. The molecule has 1 amide bonds. The van der Waals surface area contributed by atoms with Crippen LogP contribution < -0.4 is 10.1 Å². The lowest BCUT2D eigenvalue weighted by Crippen LogP contribution is -2.31. The summed E-state index contributed by atoms with van der Waals surface area (Å²) in [5, 5.41) is 11.4. The van der Waals surface area contributed by atoms with Crippen LogP contribution in [0, 0.1) is 11.3 Å². The normalized spacial score (nSPS) is 11.0. The highest BCUT2D eigenvalue weighted by molar-refractivity contribution is 5.95.